The Hall–Kier alpha value is -3.71. The minimum absolute atomic E-state index is 0.138. The van der Waals surface area contributed by atoms with Crippen LogP contribution in [0.5, 0.6) is 5.75 Å². The maximum atomic E-state index is 13.8. The van der Waals surface area contributed by atoms with Crippen LogP contribution in [0, 0.1) is 0 Å². The molecule has 1 saturated heterocycles. The zero-order chi connectivity index (χ0) is 28.3. The van der Waals surface area contributed by atoms with E-state index in [0.29, 0.717) is 5.52 Å². The SMILES string of the molecule is C/C(OP(=O)(NCC(=O)OC1CCCCC1)Oc1ccccc1)=C1\O[C@@H](n2cnc3c(N)ncnc32)[C@H](O)[C@@H]1O. The second-order valence-corrected chi connectivity index (χ2v) is 11.2. The first-order valence-corrected chi connectivity index (χ1v) is 14.4. The molecule has 2 aromatic heterocycles. The molecule has 15 heteroatoms. The minimum Gasteiger partial charge on any atom is -0.465 e. The number of para-hydroxylation sites is 1. The zero-order valence-electron chi connectivity index (χ0n) is 21.8. The standard InChI is InChI=1S/C25H31N6O8P/c1-15(22-20(33)21(34)25(37-22)31-14-29-19-23(26)27-13-28-24(19)31)38-40(35,39-17-10-6-3-7-11-17)30-12-18(32)36-16-8-4-2-5-9-16/h3,6-7,10-11,13-14,16,20-21,25,33-34H,2,4-5,8-9,12H2,1H3,(H,30,35)(H2,26,27,28)/b22-15+/t20-,21+,25+,40?/m0/s1. The predicted octanol–water partition coefficient (Wildman–Crippen LogP) is 2.56. The van der Waals surface area contributed by atoms with E-state index in [4.69, 9.17) is 24.3 Å². The molecular weight excluding hydrogens is 543 g/mol. The molecule has 1 saturated carbocycles. The molecule has 3 aromatic rings. The molecule has 0 bridgehead atoms. The second kappa shape index (κ2) is 11.8. The number of aromatic nitrogens is 4. The number of aliphatic hydroxyl groups is 2. The molecule has 1 aliphatic heterocycles. The van der Waals surface area contributed by atoms with Crippen LogP contribution in [0.3, 0.4) is 0 Å². The monoisotopic (exact) mass is 574 g/mol. The van der Waals surface area contributed by atoms with Gasteiger partial charge in [0.25, 0.3) is 0 Å². The fourth-order valence-corrected chi connectivity index (χ4v) is 5.99. The number of fused-ring (bicyclic) bond motifs is 1. The van der Waals surface area contributed by atoms with E-state index in [9.17, 15) is 19.6 Å². The number of anilines is 1. The van der Waals surface area contributed by atoms with Crippen molar-refractivity contribution in [3.63, 3.8) is 0 Å². The number of imidazole rings is 1. The van der Waals surface area contributed by atoms with Gasteiger partial charge in [-0.1, -0.05) is 24.6 Å². The van der Waals surface area contributed by atoms with E-state index < -0.39 is 38.7 Å². The van der Waals surface area contributed by atoms with Crippen molar-refractivity contribution >= 4 is 30.7 Å². The number of esters is 1. The summed E-state index contributed by atoms with van der Waals surface area (Å²) in [7, 11) is -4.27. The fraction of sp³-hybridized carbons (Fsp3) is 0.440. The third-order valence-corrected chi connectivity index (χ3v) is 8.14. The number of allylic oxidation sites excluding steroid dienone is 1. The van der Waals surface area contributed by atoms with Gasteiger partial charge < -0.3 is 34.5 Å². The van der Waals surface area contributed by atoms with Gasteiger partial charge in [-0.15, -0.1) is 0 Å². The molecule has 1 aromatic carbocycles. The normalized spacial score (nSPS) is 24.2. The molecule has 4 atom stereocenters. The number of hydrogen-bond acceptors (Lipinski definition) is 12. The van der Waals surface area contributed by atoms with E-state index in [1.165, 1.54) is 24.1 Å². The van der Waals surface area contributed by atoms with Crippen LogP contribution in [0.15, 0.2) is 54.5 Å². The molecule has 2 aliphatic rings. The van der Waals surface area contributed by atoms with Gasteiger partial charge in [-0.05, 0) is 44.7 Å². The highest BCUT2D eigenvalue weighted by molar-refractivity contribution is 7.52. The number of ether oxygens (including phenoxy) is 2. The molecule has 0 radical (unpaired) electrons. The number of nitrogen functional groups attached to an aromatic ring is 1. The lowest BCUT2D eigenvalue weighted by Crippen LogP contribution is -2.30. The highest BCUT2D eigenvalue weighted by Gasteiger charge is 2.44. The van der Waals surface area contributed by atoms with Crippen LogP contribution in [0.4, 0.5) is 5.82 Å². The predicted molar refractivity (Wildman–Crippen MR) is 141 cm³/mol. The van der Waals surface area contributed by atoms with E-state index >= 15 is 0 Å². The largest absolute Gasteiger partial charge is 0.513 e. The first-order valence-electron chi connectivity index (χ1n) is 12.9. The molecule has 2 fully saturated rings. The lowest BCUT2D eigenvalue weighted by Gasteiger charge is -2.24. The van der Waals surface area contributed by atoms with Gasteiger partial charge in [0, 0.05) is 0 Å². The molecule has 214 valence electrons. The molecule has 40 heavy (non-hydrogen) atoms. The van der Waals surface area contributed by atoms with Crippen LogP contribution in [-0.4, -0.2) is 60.6 Å². The van der Waals surface area contributed by atoms with Crippen molar-refractivity contribution in [2.75, 3.05) is 12.3 Å². The van der Waals surface area contributed by atoms with Crippen molar-refractivity contribution < 1.29 is 38.1 Å². The molecule has 0 spiro atoms. The Balaban J connectivity index is 1.35. The van der Waals surface area contributed by atoms with E-state index in [2.05, 4.69) is 20.0 Å². The summed E-state index contributed by atoms with van der Waals surface area (Å²) in [6, 6.07) is 8.25. The zero-order valence-corrected chi connectivity index (χ0v) is 22.6. The van der Waals surface area contributed by atoms with Gasteiger partial charge in [-0.25, -0.2) is 19.5 Å². The molecule has 5 N–H and O–H groups in total. The average Bonchev–Trinajstić information content (AvgIpc) is 3.50. The van der Waals surface area contributed by atoms with Crippen LogP contribution >= 0.6 is 7.75 Å². The van der Waals surface area contributed by atoms with Gasteiger partial charge in [0.2, 0.25) is 6.23 Å². The number of benzene rings is 1. The van der Waals surface area contributed by atoms with Crippen LogP contribution in [0.1, 0.15) is 45.3 Å². The highest BCUT2D eigenvalue weighted by Crippen LogP contribution is 2.48. The summed E-state index contributed by atoms with van der Waals surface area (Å²) in [4.78, 5) is 24.7. The highest BCUT2D eigenvalue weighted by atomic mass is 31.2. The summed E-state index contributed by atoms with van der Waals surface area (Å²) in [5, 5.41) is 24.1. The maximum absolute atomic E-state index is 13.8. The Morgan fingerprint density at radius 1 is 1.18 bits per heavy atom. The van der Waals surface area contributed by atoms with Gasteiger partial charge in [0.05, 0.1) is 0 Å². The molecule has 0 amide bonds. The lowest BCUT2D eigenvalue weighted by molar-refractivity contribution is -0.149. The van der Waals surface area contributed by atoms with Gasteiger partial charge in [0.15, 0.2) is 17.2 Å². The van der Waals surface area contributed by atoms with Gasteiger partial charge in [0.1, 0.15) is 54.5 Å². The molecule has 3 heterocycles. The van der Waals surface area contributed by atoms with Crippen molar-refractivity contribution in [2.45, 2.75) is 63.6 Å². The number of hydrogen-bond donors (Lipinski definition) is 4. The first-order chi connectivity index (χ1) is 19.2. The summed E-state index contributed by atoms with van der Waals surface area (Å²) in [6.45, 7) is 0.947. The Bertz CT molecular complexity index is 1430. The summed E-state index contributed by atoms with van der Waals surface area (Å²) in [6.07, 6.45) is 2.89. The van der Waals surface area contributed by atoms with Crippen LogP contribution in [-0.2, 0) is 23.4 Å². The number of nitrogens with two attached hydrogens (primary N) is 1. The third-order valence-electron chi connectivity index (χ3n) is 6.63. The van der Waals surface area contributed by atoms with E-state index in [-0.39, 0.29) is 34.8 Å². The van der Waals surface area contributed by atoms with Crippen LogP contribution in [0.25, 0.3) is 11.2 Å². The molecule has 1 unspecified atom stereocenters. The molecule has 5 rings (SSSR count). The number of nitrogens with zero attached hydrogens (tertiary/aromatic N) is 4. The number of carbonyl (C=O) groups is 1. The van der Waals surface area contributed by atoms with Crippen LogP contribution in [0.2, 0.25) is 0 Å². The Morgan fingerprint density at radius 3 is 2.67 bits per heavy atom. The summed E-state index contributed by atoms with van der Waals surface area (Å²) < 4.78 is 37.9. The number of aliphatic hydroxyl groups excluding tert-OH is 2. The number of rotatable bonds is 9. The Morgan fingerprint density at radius 2 is 1.93 bits per heavy atom. The fourth-order valence-electron chi connectivity index (χ4n) is 4.65. The quantitative estimate of drug-likeness (QED) is 0.166. The number of nitrogens with one attached hydrogen (secondary N) is 1. The summed E-state index contributed by atoms with van der Waals surface area (Å²) in [5.41, 5.74) is 6.42. The molecule has 1 aliphatic carbocycles. The Labute approximate surface area is 229 Å². The topological polar surface area (TPSA) is 193 Å². The van der Waals surface area contributed by atoms with Crippen molar-refractivity contribution in [3.05, 3.63) is 54.5 Å². The smallest absolute Gasteiger partial charge is 0.465 e. The van der Waals surface area contributed by atoms with E-state index in [1.807, 2.05) is 0 Å². The van der Waals surface area contributed by atoms with Gasteiger partial charge >= 0.3 is 13.7 Å². The van der Waals surface area contributed by atoms with E-state index in [1.54, 1.807) is 30.3 Å². The maximum Gasteiger partial charge on any atom is 0.513 e. The average molecular weight is 575 g/mol. The van der Waals surface area contributed by atoms with Gasteiger partial charge in [-0.2, -0.15) is 5.09 Å². The van der Waals surface area contributed by atoms with Crippen LogP contribution < -0.4 is 15.3 Å². The second-order valence-electron chi connectivity index (χ2n) is 9.53. The van der Waals surface area contributed by atoms with E-state index in [0.717, 1.165) is 32.1 Å². The van der Waals surface area contributed by atoms with Crippen molar-refractivity contribution in [3.8, 4) is 5.75 Å². The molecule has 14 nitrogen and oxygen atoms in total. The summed E-state index contributed by atoms with van der Waals surface area (Å²) in [5.74, 6) is -0.577. The van der Waals surface area contributed by atoms with Crippen molar-refractivity contribution in [1.82, 2.24) is 24.6 Å². The lowest BCUT2D eigenvalue weighted by atomic mass is 9.98. The van der Waals surface area contributed by atoms with Crippen molar-refractivity contribution in [2.24, 2.45) is 0 Å². The third kappa shape index (κ3) is 6.04. The van der Waals surface area contributed by atoms with Crippen molar-refractivity contribution in [1.29, 1.82) is 0 Å². The Kier molecular flexibility index (Phi) is 8.22. The summed E-state index contributed by atoms with van der Waals surface area (Å²) >= 11 is 0. The minimum atomic E-state index is -4.27. The molecular formula is C25H31N6O8P. The number of carbonyl (C=O) groups excluding carboxylic acids is 1. The first kappa shape index (κ1) is 27.8. The van der Waals surface area contributed by atoms with Gasteiger partial charge in [-0.3, -0.25) is 9.36 Å².